The number of amides is 1. The van der Waals surface area contributed by atoms with Crippen LogP contribution in [0.3, 0.4) is 0 Å². The number of carbonyl (C=O) groups is 1. The van der Waals surface area contributed by atoms with Gasteiger partial charge in [-0.25, -0.2) is 5.48 Å². The molecule has 0 heterocycles. The maximum atomic E-state index is 11.3. The van der Waals surface area contributed by atoms with Crippen molar-refractivity contribution < 1.29 is 14.7 Å². The molecular formula is C19H31NO3. The Bertz CT molecular complexity index is 434. The number of unbranched alkanes of at least 4 members (excludes halogenated alkanes) is 9. The molecule has 23 heavy (non-hydrogen) atoms. The number of benzene rings is 1. The van der Waals surface area contributed by atoms with Gasteiger partial charge in [-0.2, -0.15) is 0 Å². The Morgan fingerprint density at radius 2 is 1.61 bits per heavy atom. The number of ether oxygens (including phenoxy) is 1. The van der Waals surface area contributed by atoms with E-state index in [0.29, 0.717) is 17.9 Å². The molecule has 0 aromatic heterocycles. The summed E-state index contributed by atoms with van der Waals surface area (Å²) in [5, 5.41) is 8.62. The lowest BCUT2D eigenvalue weighted by atomic mass is 10.1. The number of hydroxylamine groups is 1. The van der Waals surface area contributed by atoms with Gasteiger partial charge in [0.2, 0.25) is 0 Å². The van der Waals surface area contributed by atoms with Gasteiger partial charge in [0.05, 0.1) is 6.61 Å². The number of hydrogen-bond acceptors (Lipinski definition) is 3. The lowest BCUT2D eigenvalue weighted by Gasteiger charge is -2.07. The van der Waals surface area contributed by atoms with Crippen LogP contribution >= 0.6 is 0 Å². The van der Waals surface area contributed by atoms with E-state index in [1.54, 1.807) is 23.7 Å². The fourth-order valence-electron chi connectivity index (χ4n) is 2.57. The van der Waals surface area contributed by atoms with Gasteiger partial charge in [-0.05, 0) is 24.6 Å². The largest absolute Gasteiger partial charge is 0.494 e. The third-order valence-electron chi connectivity index (χ3n) is 3.96. The first-order valence-corrected chi connectivity index (χ1v) is 8.95. The van der Waals surface area contributed by atoms with Gasteiger partial charge in [0.15, 0.2) is 0 Å². The van der Waals surface area contributed by atoms with E-state index >= 15 is 0 Å². The average molecular weight is 321 g/mol. The molecule has 0 aliphatic heterocycles. The Balaban J connectivity index is 2.02. The highest BCUT2D eigenvalue weighted by Crippen LogP contribution is 2.15. The summed E-state index contributed by atoms with van der Waals surface area (Å²) in [4.78, 5) is 11.3. The van der Waals surface area contributed by atoms with Crippen molar-refractivity contribution in [2.45, 2.75) is 71.1 Å². The first-order chi connectivity index (χ1) is 11.3. The summed E-state index contributed by atoms with van der Waals surface area (Å²) in [5.74, 6) is 0.149. The second kappa shape index (κ2) is 12.9. The number of nitrogens with one attached hydrogen (secondary N) is 1. The highest BCUT2D eigenvalue weighted by atomic mass is 16.5. The van der Waals surface area contributed by atoms with Gasteiger partial charge in [0, 0.05) is 5.56 Å². The molecule has 0 bridgehead atoms. The second-order valence-electron chi connectivity index (χ2n) is 6.00. The minimum atomic E-state index is -0.519. The van der Waals surface area contributed by atoms with Crippen molar-refractivity contribution in [3.8, 4) is 5.75 Å². The van der Waals surface area contributed by atoms with Crippen LogP contribution < -0.4 is 10.2 Å². The van der Waals surface area contributed by atoms with Crippen LogP contribution in [-0.4, -0.2) is 17.7 Å². The lowest BCUT2D eigenvalue weighted by molar-refractivity contribution is 0.0706. The molecule has 0 radical (unpaired) electrons. The zero-order valence-electron chi connectivity index (χ0n) is 14.4. The van der Waals surface area contributed by atoms with Crippen LogP contribution in [-0.2, 0) is 0 Å². The van der Waals surface area contributed by atoms with Crippen LogP contribution in [0.15, 0.2) is 24.3 Å². The summed E-state index contributed by atoms with van der Waals surface area (Å²) < 4.78 is 5.65. The molecular weight excluding hydrogens is 290 g/mol. The SMILES string of the molecule is CCCCCCCCCCCCOc1cccc(C(=O)NO)c1. The summed E-state index contributed by atoms with van der Waals surface area (Å²) in [6, 6.07) is 6.85. The molecule has 0 atom stereocenters. The molecule has 0 saturated carbocycles. The number of rotatable bonds is 13. The van der Waals surface area contributed by atoms with Crippen LogP contribution in [0.1, 0.15) is 81.5 Å². The molecule has 1 amide bonds. The van der Waals surface area contributed by atoms with E-state index in [2.05, 4.69) is 6.92 Å². The third kappa shape index (κ3) is 9.24. The predicted molar refractivity (Wildman–Crippen MR) is 93.0 cm³/mol. The van der Waals surface area contributed by atoms with Crippen LogP contribution in [0.5, 0.6) is 5.75 Å². The lowest BCUT2D eigenvalue weighted by Crippen LogP contribution is -2.18. The van der Waals surface area contributed by atoms with Crippen molar-refractivity contribution in [3.05, 3.63) is 29.8 Å². The van der Waals surface area contributed by atoms with Gasteiger partial charge in [-0.15, -0.1) is 0 Å². The first-order valence-electron chi connectivity index (χ1n) is 8.95. The van der Waals surface area contributed by atoms with Crippen molar-refractivity contribution in [1.82, 2.24) is 5.48 Å². The molecule has 0 spiro atoms. The van der Waals surface area contributed by atoms with Gasteiger partial charge in [-0.3, -0.25) is 10.0 Å². The molecule has 0 aliphatic carbocycles. The fourth-order valence-corrected chi connectivity index (χ4v) is 2.57. The summed E-state index contributed by atoms with van der Waals surface area (Å²) in [6.07, 6.45) is 13.0. The molecule has 1 rings (SSSR count). The maximum absolute atomic E-state index is 11.3. The molecule has 0 fully saturated rings. The van der Waals surface area contributed by atoms with Crippen LogP contribution in [0.25, 0.3) is 0 Å². The zero-order valence-corrected chi connectivity index (χ0v) is 14.4. The molecule has 0 aliphatic rings. The van der Waals surface area contributed by atoms with E-state index < -0.39 is 5.91 Å². The standard InChI is InChI=1S/C19H31NO3/c1-2-3-4-5-6-7-8-9-10-11-15-23-18-14-12-13-17(16-18)19(21)20-22/h12-14,16,22H,2-11,15H2,1H3,(H,20,21). The Kier molecular flexibility index (Phi) is 11.0. The minimum Gasteiger partial charge on any atom is -0.494 e. The van der Waals surface area contributed by atoms with E-state index in [4.69, 9.17) is 9.94 Å². The highest BCUT2D eigenvalue weighted by Gasteiger charge is 2.04. The van der Waals surface area contributed by atoms with Crippen molar-refractivity contribution in [3.63, 3.8) is 0 Å². The van der Waals surface area contributed by atoms with Crippen LogP contribution in [0.4, 0.5) is 0 Å². The molecule has 4 nitrogen and oxygen atoms in total. The van der Waals surface area contributed by atoms with E-state index in [1.165, 1.54) is 57.8 Å². The Labute approximate surface area is 140 Å². The second-order valence-corrected chi connectivity index (χ2v) is 6.00. The molecule has 1 aromatic carbocycles. The molecule has 0 unspecified atom stereocenters. The monoisotopic (exact) mass is 321 g/mol. The van der Waals surface area contributed by atoms with E-state index in [-0.39, 0.29) is 0 Å². The highest BCUT2D eigenvalue weighted by molar-refractivity contribution is 5.93. The number of carbonyl (C=O) groups excluding carboxylic acids is 1. The van der Waals surface area contributed by atoms with Crippen molar-refractivity contribution in [1.29, 1.82) is 0 Å². The van der Waals surface area contributed by atoms with Gasteiger partial charge in [-0.1, -0.05) is 70.8 Å². The van der Waals surface area contributed by atoms with Gasteiger partial charge < -0.3 is 4.74 Å². The van der Waals surface area contributed by atoms with Crippen molar-refractivity contribution in [2.24, 2.45) is 0 Å². The average Bonchev–Trinajstić information content (AvgIpc) is 2.59. The van der Waals surface area contributed by atoms with E-state index in [0.717, 1.165) is 6.42 Å². The summed E-state index contributed by atoms with van der Waals surface area (Å²) in [5.41, 5.74) is 2.02. The van der Waals surface area contributed by atoms with Gasteiger partial charge >= 0.3 is 0 Å². The van der Waals surface area contributed by atoms with Crippen LogP contribution in [0, 0.1) is 0 Å². The summed E-state index contributed by atoms with van der Waals surface area (Å²) in [6.45, 7) is 2.92. The summed E-state index contributed by atoms with van der Waals surface area (Å²) >= 11 is 0. The summed E-state index contributed by atoms with van der Waals surface area (Å²) in [7, 11) is 0. The zero-order chi connectivity index (χ0) is 16.8. The van der Waals surface area contributed by atoms with Gasteiger partial charge in [0.1, 0.15) is 5.75 Å². The predicted octanol–water partition coefficient (Wildman–Crippen LogP) is 5.11. The van der Waals surface area contributed by atoms with Crippen molar-refractivity contribution >= 4 is 5.91 Å². The molecule has 2 N–H and O–H groups in total. The van der Waals surface area contributed by atoms with Crippen molar-refractivity contribution in [2.75, 3.05) is 6.61 Å². The Morgan fingerprint density at radius 3 is 2.22 bits per heavy atom. The third-order valence-corrected chi connectivity index (χ3v) is 3.96. The molecule has 0 saturated heterocycles. The van der Waals surface area contributed by atoms with Gasteiger partial charge in [0.25, 0.3) is 5.91 Å². The molecule has 4 heteroatoms. The maximum Gasteiger partial charge on any atom is 0.274 e. The quantitative estimate of drug-likeness (QED) is 0.302. The Hall–Kier alpha value is -1.55. The minimum absolute atomic E-state index is 0.396. The topological polar surface area (TPSA) is 58.6 Å². The van der Waals surface area contributed by atoms with E-state index in [1.807, 2.05) is 6.07 Å². The molecule has 1 aromatic rings. The fraction of sp³-hybridized carbons (Fsp3) is 0.632. The molecule has 130 valence electrons. The van der Waals surface area contributed by atoms with E-state index in [9.17, 15) is 4.79 Å². The van der Waals surface area contributed by atoms with Crippen LogP contribution in [0.2, 0.25) is 0 Å². The number of hydrogen-bond donors (Lipinski definition) is 2. The smallest absolute Gasteiger partial charge is 0.274 e. The first kappa shape index (κ1) is 19.5. The Morgan fingerprint density at radius 1 is 1.00 bits per heavy atom. The normalized spacial score (nSPS) is 10.5.